The van der Waals surface area contributed by atoms with Crippen molar-refractivity contribution >= 4 is 21.9 Å². The number of aromatic nitrogens is 2. The van der Waals surface area contributed by atoms with Gasteiger partial charge in [0.25, 0.3) is 0 Å². The molecule has 0 radical (unpaired) electrons. The summed E-state index contributed by atoms with van der Waals surface area (Å²) in [6.07, 6.45) is 0. The molecule has 7 heteroatoms. The quantitative estimate of drug-likeness (QED) is 0.596. The molecule has 1 aromatic heterocycles. The summed E-state index contributed by atoms with van der Waals surface area (Å²) in [5, 5.41) is 23.3. The van der Waals surface area contributed by atoms with Gasteiger partial charge in [-0.3, -0.25) is 5.10 Å². The minimum Gasteiger partial charge on any atom is -0.476 e. The van der Waals surface area contributed by atoms with Crippen molar-refractivity contribution in [2.45, 2.75) is 6.04 Å². The van der Waals surface area contributed by atoms with E-state index >= 15 is 0 Å². The van der Waals surface area contributed by atoms with Crippen molar-refractivity contribution in [2.75, 3.05) is 6.61 Å². The SMILES string of the molecule is NC(CO)c1[nH]nc(C(=O)O)c1Br. The number of nitrogens with zero attached hydrogens (tertiary/aromatic N) is 1. The molecule has 0 spiro atoms. The van der Waals surface area contributed by atoms with Gasteiger partial charge in [0.05, 0.1) is 22.8 Å². The zero-order valence-corrected chi connectivity index (χ0v) is 8.08. The van der Waals surface area contributed by atoms with Crippen LogP contribution in [0.25, 0.3) is 0 Å². The minimum absolute atomic E-state index is 0.140. The largest absolute Gasteiger partial charge is 0.476 e. The van der Waals surface area contributed by atoms with Crippen LogP contribution in [0.15, 0.2) is 4.47 Å². The molecule has 0 saturated heterocycles. The molecule has 0 amide bonds. The molecule has 6 nitrogen and oxygen atoms in total. The van der Waals surface area contributed by atoms with Gasteiger partial charge in [-0.1, -0.05) is 0 Å². The molecule has 5 N–H and O–H groups in total. The zero-order chi connectivity index (χ0) is 10.0. The van der Waals surface area contributed by atoms with Crippen LogP contribution in [0.4, 0.5) is 0 Å². The Morgan fingerprint density at radius 3 is 2.77 bits per heavy atom. The Kier molecular flexibility index (Phi) is 3.02. The van der Waals surface area contributed by atoms with Crippen molar-refractivity contribution in [1.29, 1.82) is 0 Å². The predicted molar refractivity (Wildman–Crippen MR) is 47.3 cm³/mol. The van der Waals surface area contributed by atoms with Gasteiger partial charge >= 0.3 is 5.97 Å². The van der Waals surface area contributed by atoms with E-state index in [9.17, 15) is 4.79 Å². The fourth-order valence-corrected chi connectivity index (χ4v) is 1.46. The fraction of sp³-hybridized carbons (Fsp3) is 0.333. The number of aromatic amines is 1. The van der Waals surface area contributed by atoms with E-state index in [-0.39, 0.29) is 16.8 Å². The second-order valence-corrected chi connectivity index (χ2v) is 3.19. The maximum Gasteiger partial charge on any atom is 0.357 e. The Balaban J connectivity index is 3.06. The zero-order valence-electron chi connectivity index (χ0n) is 6.49. The van der Waals surface area contributed by atoms with Gasteiger partial charge in [-0.15, -0.1) is 0 Å². The summed E-state index contributed by atoms with van der Waals surface area (Å²) in [7, 11) is 0. The molecule has 0 saturated carbocycles. The molecule has 1 aromatic rings. The van der Waals surface area contributed by atoms with Gasteiger partial charge in [0.2, 0.25) is 0 Å². The van der Waals surface area contributed by atoms with Crippen LogP contribution in [0.5, 0.6) is 0 Å². The molecular weight excluding hydrogens is 242 g/mol. The van der Waals surface area contributed by atoms with Crippen molar-refractivity contribution in [1.82, 2.24) is 10.2 Å². The Bertz CT molecular complexity index is 325. The highest BCUT2D eigenvalue weighted by atomic mass is 79.9. The van der Waals surface area contributed by atoms with E-state index in [0.29, 0.717) is 5.69 Å². The van der Waals surface area contributed by atoms with Gasteiger partial charge in [-0.2, -0.15) is 5.10 Å². The number of aromatic carboxylic acids is 1. The summed E-state index contributed by atoms with van der Waals surface area (Å²) >= 11 is 3.03. The van der Waals surface area contributed by atoms with E-state index in [2.05, 4.69) is 26.1 Å². The van der Waals surface area contributed by atoms with Crippen LogP contribution in [-0.2, 0) is 0 Å². The lowest BCUT2D eigenvalue weighted by Gasteiger charge is -2.04. The number of nitrogens with one attached hydrogen (secondary N) is 1. The van der Waals surface area contributed by atoms with Crippen molar-refractivity contribution in [2.24, 2.45) is 5.73 Å². The second kappa shape index (κ2) is 3.86. The molecule has 0 bridgehead atoms. The molecule has 13 heavy (non-hydrogen) atoms. The lowest BCUT2D eigenvalue weighted by atomic mass is 10.2. The molecule has 0 aromatic carbocycles. The first kappa shape index (κ1) is 10.2. The highest BCUT2D eigenvalue weighted by Crippen LogP contribution is 2.23. The Morgan fingerprint density at radius 2 is 2.38 bits per heavy atom. The number of carboxylic acid groups (broad SMARTS) is 1. The third-order valence-electron chi connectivity index (χ3n) is 1.50. The molecular formula is C6H8BrN3O3. The molecule has 0 fully saturated rings. The summed E-state index contributed by atoms with van der Waals surface area (Å²) in [6, 6.07) is -0.657. The minimum atomic E-state index is -1.15. The summed E-state index contributed by atoms with van der Waals surface area (Å²) in [6.45, 7) is -0.278. The first-order valence-corrected chi connectivity index (χ1v) is 4.20. The standard InChI is InChI=1S/C6H8BrN3O3/c7-3-4(2(8)1-11)9-10-5(3)6(12)13/h2,11H,1,8H2,(H,9,10)(H,12,13). The van der Waals surface area contributed by atoms with Crippen LogP contribution in [0.3, 0.4) is 0 Å². The summed E-state index contributed by atoms with van der Waals surface area (Å²) in [4.78, 5) is 10.5. The van der Waals surface area contributed by atoms with Crippen LogP contribution in [-0.4, -0.2) is 33.0 Å². The summed E-state index contributed by atoms with van der Waals surface area (Å²) < 4.78 is 0.279. The Labute approximate surface area is 81.9 Å². The first-order valence-electron chi connectivity index (χ1n) is 3.41. The molecule has 0 aliphatic carbocycles. The topological polar surface area (TPSA) is 112 Å². The normalized spacial score (nSPS) is 12.8. The first-order chi connectivity index (χ1) is 6.07. The number of halogens is 1. The van der Waals surface area contributed by atoms with E-state index in [4.69, 9.17) is 15.9 Å². The van der Waals surface area contributed by atoms with Crippen molar-refractivity contribution in [3.8, 4) is 0 Å². The van der Waals surface area contributed by atoms with E-state index in [0.717, 1.165) is 0 Å². The van der Waals surface area contributed by atoms with Gasteiger partial charge in [0.15, 0.2) is 5.69 Å². The number of nitrogens with two attached hydrogens (primary N) is 1. The highest BCUT2D eigenvalue weighted by Gasteiger charge is 2.19. The Hall–Kier alpha value is -0.920. The molecule has 0 aliphatic heterocycles. The van der Waals surface area contributed by atoms with Crippen molar-refractivity contribution in [3.05, 3.63) is 15.9 Å². The van der Waals surface area contributed by atoms with Gasteiger partial charge in [0.1, 0.15) is 0 Å². The number of carboxylic acids is 1. The third kappa shape index (κ3) is 1.87. The average molecular weight is 250 g/mol. The monoisotopic (exact) mass is 249 g/mol. The molecule has 1 atom stereocenters. The number of H-pyrrole nitrogens is 1. The van der Waals surface area contributed by atoms with E-state index in [1.165, 1.54) is 0 Å². The number of aliphatic hydroxyl groups is 1. The van der Waals surface area contributed by atoms with Crippen molar-refractivity contribution < 1.29 is 15.0 Å². The van der Waals surface area contributed by atoms with E-state index < -0.39 is 12.0 Å². The Morgan fingerprint density at radius 1 is 1.77 bits per heavy atom. The fourth-order valence-electron chi connectivity index (χ4n) is 0.821. The predicted octanol–water partition coefficient (Wildman–Crippen LogP) is -0.137. The summed E-state index contributed by atoms with van der Waals surface area (Å²) in [5.41, 5.74) is 5.70. The molecule has 1 heterocycles. The summed E-state index contributed by atoms with van der Waals surface area (Å²) in [5.74, 6) is -1.15. The van der Waals surface area contributed by atoms with Crippen LogP contribution in [0.2, 0.25) is 0 Å². The lowest BCUT2D eigenvalue weighted by Crippen LogP contribution is -2.15. The van der Waals surface area contributed by atoms with E-state index in [1.54, 1.807) is 0 Å². The molecule has 0 aliphatic rings. The number of aliphatic hydroxyl groups excluding tert-OH is 1. The lowest BCUT2D eigenvalue weighted by molar-refractivity contribution is 0.0689. The molecule has 1 rings (SSSR count). The van der Waals surface area contributed by atoms with E-state index in [1.807, 2.05) is 0 Å². The van der Waals surface area contributed by atoms with Crippen LogP contribution in [0.1, 0.15) is 22.2 Å². The van der Waals surface area contributed by atoms with Crippen LogP contribution < -0.4 is 5.73 Å². The van der Waals surface area contributed by atoms with Gasteiger partial charge in [0, 0.05) is 0 Å². The average Bonchev–Trinajstić information content (AvgIpc) is 2.46. The third-order valence-corrected chi connectivity index (χ3v) is 2.31. The molecule has 1 unspecified atom stereocenters. The number of hydrogen-bond donors (Lipinski definition) is 4. The maximum atomic E-state index is 10.5. The number of hydrogen-bond acceptors (Lipinski definition) is 4. The van der Waals surface area contributed by atoms with Gasteiger partial charge in [-0.25, -0.2) is 4.79 Å². The van der Waals surface area contributed by atoms with Crippen molar-refractivity contribution in [3.63, 3.8) is 0 Å². The van der Waals surface area contributed by atoms with Gasteiger partial charge < -0.3 is 15.9 Å². The second-order valence-electron chi connectivity index (χ2n) is 2.39. The molecule has 72 valence electrons. The smallest absolute Gasteiger partial charge is 0.357 e. The maximum absolute atomic E-state index is 10.5. The van der Waals surface area contributed by atoms with Gasteiger partial charge in [-0.05, 0) is 15.9 Å². The number of rotatable bonds is 3. The van der Waals surface area contributed by atoms with Crippen LogP contribution in [0, 0.1) is 0 Å². The number of carbonyl (C=O) groups is 1. The van der Waals surface area contributed by atoms with Crippen LogP contribution >= 0.6 is 15.9 Å². The highest BCUT2D eigenvalue weighted by molar-refractivity contribution is 9.10.